The highest BCUT2D eigenvalue weighted by molar-refractivity contribution is 9.10. The summed E-state index contributed by atoms with van der Waals surface area (Å²) < 4.78 is 25.0. The Balaban J connectivity index is 2.72. The van der Waals surface area contributed by atoms with E-state index in [0.717, 1.165) is 6.42 Å². The fourth-order valence-electron chi connectivity index (χ4n) is 2.51. The van der Waals surface area contributed by atoms with E-state index in [2.05, 4.69) is 15.9 Å². The summed E-state index contributed by atoms with van der Waals surface area (Å²) in [6.07, 6.45) is 1.56. The summed E-state index contributed by atoms with van der Waals surface area (Å²) in [6.45, 7) is 0. The van der Waals surface area contributed by atoms with Gasteiger partial charge in [0.1, 0.15) is 5.82 Å². The molecule has 104 valence electrons. The van der Waals surface area contributed by atoms with Crippen molar-refractivity contribution < 1.29 is 23.8 Å². The van der Waals surface area contributed by atoms with Crippen molar-refractivity contribution in [2.24, 2.45) is 0 Å². The SMILES string of the molecule is COc1c(Br)cc(F)c(C2(C(=O)O)CCC2)c1OC. The first-order chi connectivity index (χ1) is 8.97. The number of methoxy groups -OCH3 is 2. The number of halogens is 2. The summed E-state index contributed by atoms with van der Waals surface area (Å²) in [7, 11) is 2.81. The average molecular weight is 333 g/mol. The molecule has 0 saturated heterocycles. The van der Waals surface area contributed by atoms with Crippen LogP contribution in [0, 0.1) is 5.82 Å². The van der Waals surface area contributed by atoms with Crippen LogP contribution >= 0.6 is 15.9 Å². The molecule has 0 heterocycles. The third kappa shape index (κ3) is 1.98. The van der Waals surface area contributed by atoms with Crippen LogP contribution in [0.3, 0.4) is 0 Å². The van der Waals surface area contributed by atoms with Crippen molar-refractivity contribution >= 4 is 21.9 Å². The second-order valence-corrected chi connectivity index (χ2v) is 5.38. The van der Waals surface area contributed by atoms with Crippen molar-refractivity contribution in [3.8, 4) is 11.5 Å². The standard InChI is InChI=1S/C13H14BrFO4/c1-18-10-7(14)6-8(15)9(11(10)19-2)13(12(16)17)4-3-5-13/h6H,3-5H2,1-2H3,(H,16,17). The predicted molar refractivity (Wildman–Crippen MR) is 70.4 cm³/mol. The molecule has 0 amide bonds. The summed E-state index contributed by atoms with van der Waals surface area (Å²) in [5, 5.41) is 9.44. The van der Waals surface area contributed by atoms with E-state index in [4.69, 9.17) is 9.47 Å². The van der Waals surface area contributed by atoms with Crippen molar-refractivity contribution in [2.75, 3.05) is 14.2 Å². The van der Waals surface area contributed by atoms with Crippen LogP contribution in [0.15, 0.2) is 10.5 Å². The zero-order chi connectivity index (χ0) is 14.2. The number of rotatable bonds is 4. The highest BCUT2D eigenvalue weighted by Gasteiger charge is 2.50. The van der Waals surface area contributed by atoms with E-state index in [0.29, 0.717) is 23.1 Å². The highest BCUT2D eigenvalue weighted by Crippen LogP contribution is 2.52. The largest absolute Gasteiger partial charge is 0.492 e. The van der Waals surface area contributed by atoms with Gasteiger partial charge in [-0.3, -0.25) is 4.79 Å². The molecular weight excluding hydrogens is 319 g/mol. The molecule has 1 aromatic carbocycles. The Morgan fingerprint density at radius 2 is 1.95 bits per heavy atom. The topological polar surface area (TPSA) is 55.8 Å². The fourth-order valence-corrected chi connectivity index (χ4v) is 3.05. The maximum Gasteiger partial charge on any atom is 0.314 e. The summed E-state index contributed by atoms with van der Waals surface area (Å²) in [5.74, 6) is -1.16. The lowest BCUT2D eigenvalue weighted by molar-refractivity contribution is -0.147. The van der Waals surface area contributed by atoms with Gasteiger partial charge in [0.15, 0.2) is 11.5 Å². The molecule has 1 aliphatic carbocycles. The van der Waals surface area contributed by atoms with Crippen molar-refractivity contribution in [1.82, 2.24) is 0 Å². The molecule has 0 atom stereocenters. The molecule has 4 nitrogen and oxygen atoms in total. The molecule has 1 saturated carbocycles. The highest BCUT2D eigenvalue weighted by atomic mass is 79.9. The minimum atomic E-state index is -1.20. The number of carbonyl (C=O) groups is 1. The first-order valence-electron chi connectivity index (χ1n) is 5.81. The van der Waals surface area contributed by atoms with Crippen molar-refractivity contribution in [3.63, 3.8) is 0 Å². The van der Waals surface area contributed by atoms with Gasteiger partial charge in [-0.15, -0.1) is 0 Å². The van der Waals surface area contributed by atoms with E-state index in [-0.39, 0.29) is 11.3 Å². The molecular formula is C13H14BrFO4. The van der Waals surface area contributed by atoms with Gasteiger partial charge in [0, 0.05) is 0 Å². The van der Waals surface area contributed by atoms with Crippen LogP contribution in [0.2, 0.25) is 0 Å². The number of hydrogen-bond donors (Lipinski definition) is 1. The van der Waals surface area contributed by atoms with Gasteiger partial charge in [-0.25, -0.2) is 4.39 Å². The van der Waals surface area contributed by atoms with Crippen molar-refractivity contribution in [1.29, 1.82) is 0 Å². The Labute approximate surface area is 118 Å². The number of hydrogen-bond acceptors (Lipinski definition) is 3. The van der Waals surface area contributed by atoms with Crippen LogP contribution in [-0.2, 0) is 10.2 Å². The third-order valence-corrected chi connectivity index (χ3v) is 4.23. The lowest BCUT2D eigenvalue weighted by Gasteiger charge is -2.39. The van der Waals surface area contributed by atoms with Crippen LogP contribution in [-0.4, -0.2) is 25.3 Å². The van der Waals surface area contributed by atoms with Gasteiger partial charge in [0.2, 0.25) is 0 Å². The Morgan fingerprint density at radius 3 is 2.32 bits per heavy atom. The minimum Gasteiger partial charge on any atom is -0.492 e. The molecule has 0 aliphatic heterocycles. The Kier molecular flexibility index (Phi) is 3.71. The lowest BCUT2D eigenvalue weighted by atomic mass is 9.64. The van der Waals surface area contributed by atoms with Gasteiger partial charge in [0.25, 0.3) is 0 Å². The summed E-state index contributed by atoms with van der Waals surface area (Å²) in [4.78, 5) is 11.5. The molecule has 0 bridgehead atoms. The van der Waals surface area contributed by atoms with Gasteiger partial charge >= 0.3 is 5.97 Å². The molecule has 0 spiro atoms. The van der Waals surface area contributed by atoms with Crippen molar-refractivity contribution in [3.05, 3.63) is 21.9 Å². The summed E-state index contributed by atoms with van der Waals surface area (Å²) >= 11 is 3.18. The third-order valence-electron chi connectivity index (χ3n) is 3.65. The monoisotopic (exact) mass is 332 g/mol. The van der Waals surface area contributed by atoms with Gasteiger partial charge in [-0.2, -0.15) is 0 Å². The maximum absolute atomic E-state index is 14.3. The van der Waals surface area contributed by atoms with Gasteiger partial charge in [-0.1, -0.05) is 6.42 Å². The van der Waals surface area contributed by atoms with Gasteiger partial charge in [-0.05, 0) is 34.8 Å². The molecule has 2 rings (SSSR count). The van der Waals surface area contributed by atoms with E-state index in [1.807, 2.05) is 0 Å². The van der Waals surface area contributed by atoms with E-state index in [9.17, 15) is 14.3 Å². The zero-order valence-corrected chi connectivity index (χ0v) is 12.2. The average Bonchev–Trinajstić information content (AvgIpc) is 2.29. The molecule has 1 N–H and O–H groups in total. The van der Waals surface area contributed by atoms with Crippen LogP contribution in [0.25, 0.3) is 0 Å². The molecule has 0 radical (unpaired) electrons. The minimum absolute atomic E-state index is 0.0776. The zero-order valence-electron chi connectivity index (χ0n) is 10.6. The van der Waals surface area contributed by atoms with Crippen molar-refractivity contribution in [2.45, 2.75) is 24.7 Å². The number of aliphatic carboxylic acids is 1. The Hall–Kier alpha value is -1.30. The van der Waals surface area contributed by atoms with E-state index in [1.165, 1.54) is 20.3 Å². The second-order valence-electron chi connectivity index (χ2n) is 4.52. The summed E-state index contributed by atoms with van der Waals surface area (Å²) in [5.41, 5.74) is -1.13. The Morgan fingerprint density at radius 1 is 1.37 bits per heavy atom. The molecule has 19 heavy (non-hydrogen) atoms. The summed E-state index contributed by atoms with van der Waals surface area (Å²) in [6, 6.07) is 1.22. The number of carboxylic acids is 1. The quantitative estimate of drug-likeness (QED) is 0.920. The van der Waals surface area contributed by atoms with Crippen LogP contribution in [0.5, 0.6) is 11.5 Å². The van der Waals surface area contributed by atoms with Gasteiger partial charge < -0.3 is 14.6 Å². The van der Waals surface area contributed by atoms with Gasteiger partial charge in [0.05, 0.1) is 29.7 Å². The van der Waals surface area contributed by atoms with E-state index >= 15 is 0 Å². The second kappa shape index (κ2) is 5.00. The number of ether oxygens (including phenoxy) is 2. The normalized spacial score (nSPS) is 16.6. The molecule has 0 unspecified atom stereocenters. The van der Waals surface area contributed by atoms with E-state index < -0.39 is 17.2 Å². The first kappa shape index (κ1) is 14.1. The molecule has 1 fully saturated rings. The molecule has 6 heteroatoms. The Bertz CT molecular complexity index is 526. The molecule has 1 aliphatic rings. The number of benzene rings is 1. The first-order valence-corrected chi connectivity index (χ1v) is 6.61. The predicted octanol–water partition coefficient (Wildman–Crippen LogP) is 3.11. The maximum atomic E-state index is 14.3. The van der Waals surface area contributed by atoms with E-state index in [1.54, 1.807) is 0 Å². The smallest absolute Gasteiger partial charge is 0.314 e. The number of carboxylic acid groups (broad SMARTS) is 1. The van der Waals surface area contributed by atoms with Crippen LogP contribution in [0.4, 0.5) is 4.39 Å². The molecule has 0 aromatic heterocycles. The molecule has 1 aromatic rings. The van der Waals surface area contributed by atoms with Crippen LogP contribution < -0.4 is 9.47 Å². The lowest BCUT2D eigenvalue weighted by Crippen LogP contribution is -2.43. The van der Waals surface area contributed by atoms with Crippen LogP contribution in [0.1, 0.15) is 24.8 Å². The fraction of sp³-hybridized carbons (Fsp3) is 0.462.